The van der Waals surface area contributed by atoms with Crippen LogP contribution in [0.4, 0.5) is 0 Å². The number of piperazine rings is 1. The molecule has 1 aliphatic carbocycles. The average Bonchev–Trinajstić information content (AvgIpc) is 1.88. The number of nitrogens with one attached hydrogen (secondary N) is 2. The molecule has 0 spiro atoms. The maximum absolute atomic E-state index is 3.22. The van der Waals surface area contributed by atoms with Gasteiger partial charge in [0.15, 0.2) is 0 Å². The van der Waals surface area contributed by atoms with Gasteiger partial charge in [-0.05, 0) is 0 Å². The van der Waals surface area contributed by atoms with Gasteiger partial charge in [-0.2, -0.15) is 0 Å². The van der Waals surface area contributed by atoms with Crippen LogP contribution in [0, 0.1) is 0 Å². The van der Waals surface area contributed by atoms with Crippen molar-refractivity contribution in [2.45, 2.75) is 25.7 Å². The van der Waals surface area contributed by atoms with Crippen molar-refractivity contribution >= 4 is 0 Å². The standard InChI is InChI=1S/C4H10N2.C4H8/c1-2-6-4-3-5-1;1-2-4-3-1/h5-6H,1-4H2;1-4H2. The molecule has 2 rings (SSSR count). The Hall–Kier alpha value is -0.0800. The van der Waals surface area contributed by atoms with Crippen molar-refractivity contribution in [3.63, 3.8) is 0 Å². The Labute approximate surface area is 63.4 Å². The van der Waals surface area contributed by atoms with E-state index in [2.05, 4.69) is 10.6 Å². The summed E-state index contributed by atoms with van der Waals surface area (Å²) < 4.78 is 0. The molecule has 0 bridgehead atoms. The van der Waals surface area contributed by atoms with Crippen molar-refractivity contribution < 1.29 is 0 Å². The van der Waals surface area contributed by atoms with E-state index in [-0.39, 0.29) is 0 Å². The SMILES string of the molecule is C1CCC1.C1CNCCN1. The van der Waals surface area contributed by atoms with Gasteiger partial charge in [-0.1, -0.05) is 25.7 Å². The van der Waals surface area contributed by atoms with Gasteiger partial charge in [0.25, 0.3) is 0 Å². The van der Waals surface area contributed by atoms with Gasteiger partial charge < -0.3 is 10.6 Å². The van der Waals surface area contributed by atoms with Crippen LogP contribution in [0.3, 0.4) is 0 Å². The molecule has 0 radical (unpaired) electrons. The molecular formula is C8H18N2. The summed E-state index contributed by atoms with van der Waals surface area (Å²) >= 11 is 0. The maximum atomic E-state index is 3.22. The molecule has 1 saturated heterocycles. The second-order valence-corrected chi connectivity index (χ2v) is 2.91. The first-order valence-corrected chi connectivity index (χ1v) is 4.41. The smallest absolute Gasteiger partial charge is 0.00772 e. The van der Waals surface area contributed by atoms with Crippen molar-refractivity contribution in [3.8, 4) is 0 Å². The monoisotopic (exact) mass is 142 g/mol. The normalized spacial score (nSPS) is 24.0. The molecule has 2 nitrogen and oxygen atoms in total. The van der Waals surface area contributed by atoms with Gasteiger partial charge in [-0.25, -0.2) is 0 Å². The molecule has 0 aromatic carbocycles. The Balaban J connectivity index is 0.000000108. The van der Waals surface area contributed by atoms with Crippen LogP contribution < -0.4 is 10.6 Å². The molecule has 2 heteroatoms. The third-order valence-corrected chi connectivity index (χ3v) is 1.96. The topological polar surface area (TPSA) is 24.1 Å². The Morgan fingerprint density at radius 3 is 0.900 bits per heavy atom. The van der Waals surface area contributed by atoms with E-state index >= 15 is 0 Å². The summed E-state index contributed by atoms with van der Waals surface area (Å²) in [4.78, 5) is 0. The Kier molecular flexibility index (Phi) is 4.56. The third kappa shape index (κ3) is 3.85. The predicted molar refractivity (Wildman–Crippen MR) is 44.2 cm³/mol. The highest BCUT2D eigenvalue weighted by molar-refractivity contribution is 4.59. The number of hydrogen-bond acceptors (Lipinski definition) is 2. The maximum Gasteiger partial charge on any atom is 0.00772 e. The van der Waals surface area contributed by atoms with Gasteiger partial charge in [-0.3, -0.25) is 0 Å². The molecule has 2 aliphatic rings. The minimum Gasteiger partial charge on any atom is -0.314 e. The molecule has 1 heterocycles. The lowest BCUT2D eigenvalue weighted by atomic mass is 10.0. The highest BCUT2D eigenvalue weighted by atomic mass is 15.0. The predicted octanol–water partition coefficient (Wildman–Crippen LogP) is 0.740. The Morgan fingerprint density at radius 2 is 0.800 bits per heavy atom. The van der Waals surface area contributed by atoms with E-state index in [0.29, 0.717) is 0 Å². The van der Waals surface area contributed by atoms with E-state index in [4.69, 9.17) is 0 Å². The van der Waals surface area contributed by atoms with Gasteiger partial charge >= 0.3 is 0 Å². The summed E-state index contributed by atoms with van der Waals surface area (Å²) in [5.74, 6) is 0. The van der Waals surface area contributed by atoms with Gasteiger partial charge in [-0.15, -0.1) is 0 Å². The van der Waals surface area contributed by atoms with E-state index in [1.165, 1.54) is 25.7 Å². The highest BCUT2D eigenvalue weighted by Gasteiger charge is 1.95. The molecule has 1 saturated carbocycles. The summed E-state index contributed by atoms with van der Waals surface area (Å²) in [6.45, 7) is 4.56. The van der Waals surface area contributed by atoms with Crippen LogP contribution in [0.5, 0.6) is 0 Å². The van der Waals surface area contributed by atoms with E-state index in [9.17, 15) is 0 Å². The van der Waals surface area contributed by atoms with Crippen LogP contribution in [-0.2, 0) is 0 Å². The van der Waals surface area contributed by atoms with Crippen LogP contribution >= 0.6 is 0 Å². The molecule has 0 amide bonds. The van der Waals surface area contributed by atoms with Gasteiger partial charge in [0.05, 0.1) is 0 Å². The lowest BCUT2D eigenvalue weighted by Gasteiger charge is -2.11. The second-order valence-electron chi connectivity index (χ2n) is 2.91. The number of hydrogen-bond donors (Lipinski definition) is 2. The highest BCUT2D eigenvalue weighted by Crippen LogP contribution is 2.15. The van der Waals surface area contributed by atoms with Crippen LogP contribution in [0.15, 0.2) is 0 Å². The van der Waals surface area contributed by atoms with Crippen LogP contribution in [0.2, 0.25) is 0 Å². The van der Waals surface area contributed by atoms with E-state index < -0.39 is 0 Å². The molecule has 0 atom stereocenters. The quantitative estimate of drug-likeness (QED) is 0.521. The zero-order chi connectivity index (χ0) is 7.07. The lowest BCUT2D eigenvalue weighted by molar-refractivity contribution is 0.504. The summed E-state index contributed by atoms with van der Waals surface area (Å²) in [7, 11) is 0. The van der Waals surface area contributed by atoms with Crippen LogP contribution in [-0.4, -0.2) is 26.2 Å². The van der Waals surface area contributed by atoms with Crippen molar-refractivity contribution in [1.82, 2.24) is 10.6 Å². The summed E-state index contributed by atoms with van der Waals surface area (Å²) in [6.07, 6.45) is 6.00. The Bertz CT molecular complexity index is 50.1. The van der Waals surface area contributed by atoms with Crippen molar-refractivity contribution in [2.75, 3.05) is 26.2 Å². The molecule has 2 N–H and O–H groups in total. The van der Waals surface area contributed by atoms with Crippen LogP contribution in [0.25, 0.3) is 0 Å². The first-order chi connectivity index (χ1) is 5.00. The molecule has 60 valence electrons. The lowest BCUT2D eigenvalue weighted by Crippen LogP contribution is -2.39. The molecular weight excluding hydrogens is 124 g/mol. The fraction of sp³-hybridized carbons (Fsp3) is 1.00. The van der Waals surface area contributed by atoms with E-state index in [1.807, 2.05) is 0 Å². The zero-order valence-corrected chi connectivity index (χ0v) is 6.66. The zero-order valence-electron chi connectivity index (χ0n) is 6.66. The Morgan fingerprint density at radius 1 is 0.500 bits per heavy atom. The average molecular weight is 142 g/mol. The van der Waals surface area contributed by atoms with Crippen molar-refractivity contribution in [2.24, 2.45) is 0 Å². The fourth-order valence-electron chi connectivity index (χ4n) is 0.854. The van der Waals surface area contributed by atoms with E-state index in [1.54, 1.807) is 0 Å². The van der Waals surface area contributed by atoms with Crippen molar-refractivity contribution in [1.29, 1.82) is 0 Å². The second kappa shape index (κ2) is 5.69. The summed E-state index contributed by atoms with van der Waals surface area (Å²) in [6, 6.07) is 0. The molecule has 0 unspecified atom stereocenters. The fourth-order valence-corrected chi connectivity index (χ4v) is 0.854. The molecule has 0 aromatic rings. The summed E-state index contributed by atoms with van der Waals surface area (Å²) in [5.41, 5.74) is 0. The summed E-state index contributed by atoms with van der Waals surface area (Å²) in [5, 5.41) is 6.44. The van der Waals surface area contributed by atoms with Gasteiger partial charge in [0, 0.05) is 26.2 Å². The van der Waals surface area contributed by atoms with Crippen molar-refractivity contribution in [3.05, 3.63) is 0 Å². The van der Waals surface area contributed by atoms with Crippen LogP contribution in [0.1, 0.15) is 25.7 Å². The molecule has 2 fully saturated rings. The molecule has 0 aromatic heterocycles. The molecule has 1 aliphatic heterocycles. The van der Waals surface area contributed by atoms with E-state index in [0.717, 1.165) is 26.2 Å². The minimum atomic E-state index is 1.14. The van der Waals surface area contributed by atoms with Gasteiger partial charge in [0.2, 0.25) is 0 Å². The largest absolute Gasteiger partial charge is 0.314 e. The molecule has 10 heavy (non-hydrogen) atoms. The number of rotatable bonds is 0. The minimum absolute atomic E-state index is 1.14. The third-order valence-electron chi connectivity index (χ3n) is 1.96. The van der Waals surface area contributed by atoms with Gasteiger partial charge in [0.1, 0.15) is 0 Å². The first-order valence-electron chi connectivity index (χ1n) is 4.41. The first kappa shape index (κ1) is 8.02.